The van der Waals surface area contributed by atoms with Crippen molar-refractivity contribution >= 4 is 33.2 Å². The van der Waals surface area contributed by atoms with Crippen molar-refractivity contribution < 1.29 is 22.7 Å². The van der Waals surface area contributed by atoms with Crippen LogP contribution in [0.4, 0.5) is 5.69 Å². The van der Waals surface area contributed by atoms with Crippen LogP contribution in [-0.4, -0.2) is 44.9 Å². The molecule has 0 aromatic heterocycles. The maximum atomic E-state index is 12.7. The summed E-state index contributed by atoms with van der Waals surface area (Å²) in [5.74, 6) is 0.700. The molecule has 0 bridgehead atoms. The standard InChI is InChI=1S/C18H19ClN2O5S/c1-2-21(27(23,24)15-6-3-13(19)4-7-15)12-18(22)20-14-5-8-16-17(11-14)26-10-9-25-16/h3-8,11H,2,9-10,12H2,1H3,(H,20,22). The number of nitrogens with zero attached hydrogens (tertiary/aromatic N) is 1. The summed E-state index contributed by atoms with van der Waals surface area (Å²) in [7, 11) is -3.80. The van der Waals surface area contributed by atoms with Crippen molar-refractivity contribution in [2.75, 3.05) is 31.6 Å². The number of hydrogen-bond acceptors (Lipinski definition) is 5. The number of halogens is 1. The predicted molar refractivity (Wildman–Crippen MR) is 102 cm³/mol. The van der Waals surface area contributed by atoms with Gasteiger partial charge in [-0.15, -0.1) is 0 Å². The fourth-order valence-electron chi connectivity index (χ4n) is 2.60. The third kappa shape index (κ3) is 4.52. The molecule has 0 saturated carbocycles. The molecule has 9 heteroatoms. The summed E-state index contributed by atoms with van der Waals surface area (Å²) in [4.78, 5) is 12.5. The molecule has 27 heavy (non-hydrogen) atoms. The van der Waals surface area contributed by atoms with Gasteiger partial charge in [0, 0.05) is 23.3 Å². The molecular formula is C18H19ClN2O5S. The second-order valence-corrected chi connectivity index (χ2v) is 8.17. The van der Waals surface area contributed by atoms with Gasteiger partial charge in [0.25, 0.3) is 0 Å². The Kier molecular flexibility index (Phi) is 5.88. The van der Waals surface area contributed by atoms with Crippen LogP contribution in [0.25, 0.3) is 0 Å². The van der Waals surface area contributed by atoms with E-state index in [4.69, 9.17) is 21.1 Å². The smallest absolute Gasteiger partial charge is 0.243 e. The summed E-state index contributed by atoms with van der Waals surface area (Å²) < 4.78 is 37.5. The molecule has 0 spiro atoms. The number of rotatable bonds is 6. The summed E-state index contributed by atoms with van der Waals surface area (Å²) >= 11 is 5.81. The van der Waals surface area contributed by atoms with E-state index < -0.39 is 15.9 Å². The Morgan fingerprint density at radius 3 is 2.44 bits per heavy atom. The zero-order chi connectivity index (χ0) is 19.4. The van der Waals surface area contributed by atoms with Crippen LogP contribution < -0.4 is 14.8 Å². The third-order valence-corrected chi connectivity index (χ3v) is 6.14. The van der Waals surface area contributed by atoms with Crippen molar-refractivity contribution in [3.63, 3.8) is 0 Å². The van der Waals surface area contributed by atoms with Crippen molar-refractivity contribution in [2.45, 2.75) is 11.8 Å². The number of fused-ring (bicyclic) bond motifs is 1. The van der Waals surface area contributed by atoms with Crippen LogP contribution in [0.15, 0.2) is 47.4 Å². The van der Waals surface area contributed by atoms with Crippen molar-refractivity contribution in [2.24, 2.45) is 0 Å². The highest BCUT2D eigenvalue weighted by molar-refractivity contribution is 7.89. The molecule has 1 aliphatic rings. The number of carbonyl (C=O) groups is 1. The fraction of sp³-hybridized carbons (Fsp3) is 0.278. The van der Waals surface area contributed by atoms with Crippen molar-refractivity contribution in [1.82, 2.24) is 4.31 Å². The second kappa shape index (κ2) is 8.16. The Labute approximate surface area is 162 Å². The van der Waals surface area contributed by atoms with E-state index in [1.807, 2.05) is 0 Å². The topological polar surface area (TPSA) is 84.9 Å². The average Bonchev–Trinajstić information content (AvgIpc) is 2.66. The molecule has 3 rings (SSSR count). The Bertz CT molecular complexity index is 931. The minimum atomic E-state index is -3.80. The molecule has 1 amide bonds. The van der Waals surface area contributed by atoms with Crippen molar-refractivity contribution in [3.8, 4) is 11.5 Å². The highest BCUT2D eigenvalue weighted by atomic mass is 35.5. The number of ether oxygens (including phenoxy) is 2. The molecule has 0 saturated heterocycles. The Morgan fingerprint density at radius 1 is 1.11 bits per heavy atom. The van der Waals surface area contributed by atoms with Gasteiger partial charge in [-0.05, 0) is 36.4 Å². The second-order valence-electron chi connectivity index (χ2n) is 5.79. The first-order valence-corrected chi connectivity index (χ1v) is 10.2. The molecule has 7 nitrogen and oxygen atoms in total. The van der Waals surface area contributed by atoms with Gasteiger partial charge in [0.15, 0.2) is 11.5 Å². The van der Waals surface area contributed by atoms with Crippen LogP contribution in [0.1, 0.15) is 6.92 Å². The van der Waals surface area contributed by atoms with Crippen LogP contribution >= 0.6 is 11.6 Å². The van der Waals surface area contributed by atoms with Gasteiger partial charge in [0.05, 0.1) is 11.4 Å². The molecule has 0 radical (unpaired) electrons. The number of nitrogens with one attached hydrogen (secondary N) is 1. The van der Waals surface area contributed by atoms with Gasteiger partial charge in [0.2, 0.25) is 15.9 Å². The van der Waals surface area contributed by atoms with Crippen LogP contribution in [0, 0.1) is 0 Å². The molecule has 144 valence electrons. The number of anilines is 1. The van der Waals surface area contributed by atoms with Gasteiger partial charge >= 0.3 is 0 Å². The van der Waals surface area contributed by atoms with Gasteiger partial charge in [-0.3, -0.25) is 4.79 Å². The number of likely N-dealkylation sites (N-methyl/N-ethyl adjacent to an activating group) is 1. The molecule has 2 aromatic carbocycles. The number of hydrogen-bond donors (Lipinski definition) is 1. The highest BCUT2D eigenvalue weighted by Gasteiger charge is 2.25. The molecule has 0 aliphatic carbocycles. The summed E-state index contributed by atoms with van der Waals surface area (Å²) in [6, 6.07) is 10.9. The Hall–Kier alpha value is -2.29. The zero-order valence-corrected chi connectivity index (χ0v) is 16.2. The van der Waals surface area contributed by atoms with E-state index in [2.05, 4.69) is 5.32 Å². The monoisotopic (exact) mass is 410 g/mol. The van der Waals surface area contributed by atoms with E-state index in [-0.39, 0.29) is 18.0 Å². The number of benzene rings is 2. The van der Waals surface area contributed by atoms with E-state index in [1.165, 1.54) is 24.3 Å². The third-order valence-electron chi connectivity index (χ3n) is 3.95. The summed E-state index contributed by atoms with van der Waals surface area (Å²) in [6.45, 7) is 2.43. The molecule has 1 heterocycles. The average molecular weight is 411 g/mol. The minimum absolute atomic E-state index is 0.0841. The van der Waals surface area contributed by atoms with E-state index >= 15 is 0 Å². The van der Waals surface area contributed by atoms with Crippen LogP contribution in [0.3, 0.4) is 0 Å². The van der Waals surface area contributed by atoms with E-state index in [0.717, 1.165) is 4.31 Å². The van der Waals surface area contributed by atoms with Crippen molar-refractivity contribution in [3.05, 3.63) is 47.5 Å². The maximum Gasteiger partial charge on any atom is 0.243 e. The van der Waals surface area contributed by atoms with Crippen LogP contribution in [-0.2, 0) is 14.8 Å². The first-order valence-electron chi connectivity index (χ1n) is 8.35. The molecule has 0 atom stereocenters. The van der Waals surface area contributed by atoms with Gasteiger partial charge in [-0.25, -0.2) is 8.42 Å². The molecule has 1 aliphatic heterocycles. The lowest BCUT2D eigenvalue weighted by Gasteiger charge is -2.21. The molecule has 0 unspecified atom stereocenters. The van der Waals surface area contributed by atoms with Crippen molar-refractivity contribution in [1.29, 1.82) is 0 Å². The Morgan fingerprint density at radius 2 is 1.78 bits per heavy atom. The maximum absolute atomic E-state index is 12.7. The number of sulfonamides is 1. The number of amides is 1. The van der Waals surface area contributed by atoms with Crippen LogP contribution in [0.5, 0.6) is 11.5 Å². The van der Waals surface area contributed by atoms with Gasteiger partial charge in [-0.2, -0.15) is 4.31 Å². The summed E-state index contributed by atoms with van der Waals surface area (Å²) in [6.07, 6.45) is 0. The van der Waals surface area contributed by atoms with Gasteiger partial charge < -0.3 is 14.8 Å². The first kappa shape index (κ1) is 19.5. The summed E-state index contributed by atoms with van der Waals surface area (Å²) in [5.41, 5.74) is 0.504. The van der Waals surface area contributed by atoms with E-state index in [0.29, 0.717) is 35.4 Å². The molecular weight excluding hydrogens is 392 g/mol. The zero-order valence-electron chi connectivity index (χ0n) is 14.6. The van der Waals surface area contributed by atoms with Gasteiger partial charge in [-0.1, -0.05) is 18.5 Å². The predicted octanol–water partition coefficient (Wildman–Crippen LogP) is 2.76. The lowest BCUT2D eigenvalue weighted by molar-refractivity contribution is -0.116. The quantitative estimate of drug-likeness (QED) is 0.791. The number of carbonyl (C=O) groups excluding carboxylic acids is 1. The Balaban J connectivity index is 1.70. The fourth-order valence-corrected chi connectivity index (χ4v) is 4.14. The normalized spacial score (nSPS) is 13.4. The largest absolute Gasteiger partial charge is 0.486 e. The SMILES string of the molecule is CCN(CC(=O)Nc1ccc2c(c1)OCCO2)S(=O)(=O)c1ccc(Cl)cc1. The molecule has 0 fully saturated rings. The van der Waals surface area contributed by atoms with E-state index in [9.17, 15) is 13.2 Å². The lowest BCUT2D eigenvalue weighted by atomic mass is 10.2. The lowest BCUT2D eigenvalue weighted by Crippen LogP contribution is -2.37. The first-order chi connectivity index (χ1) is 12.9. The summed E-state index contributed by atoms with van der Waals surface area (Å²) in [5, 5.41) is 3.13. The molecule has 1 N–H and O–H groups in total. The highest BCUT2D eigenvalue weighted by Crippen LogP contribution is 2.32. The van der Waals surface area contributed by atoms with E-state index in [1.54, 1.807) is 25.1 Å². The minimum Gasteiger partial charge on any atom is -0.486 e. The van der Waals surface area contributed by atoms with Crippen LogP contribution in [0.2, 0.25) is 5.02 Å². The van der Waals surface area contributed by atoms with Gasteiger partial charge in [0.1, 0.15) is 13.2 Å². The molecule has 2 aromatic rings.